The van der Waals surface area contributed by atoms with E-state index in [4.69, 9.17) is 9.47 Å². The van der Waals surface area contributed by atoms with Gasteiger partial charge in [-0.25, -0.2) is 0 Å². The lowest BCUT2D eigenvalue weighted by molar-refractivity contribution is 0.353. The molecule has 0 unspecified atom stereocenters. The van der Waals surface area contributed by atoms with Crippen molar-refractivity contribution in [1.82, 2.24) is 0 Å². The molecule has 2 nitrogen and oxygen atoms in total. The number of fused-ring (bicyclic) bond motifs is 5. The van der Waals surface area contributed by atoms with Gasteiger partial charge in [0.25, 0.3) is 0 Å². The number of benzene rings is 1. The zero-order chi connectivity index (χ0) is 15.2. The molecule has 0 saturated heterocycles. The normalized spacial score (nSPS) is 26.0. The molecule has 2 aliphatic rings. The molecule has 0 heterocycles. The van der Waals surface area contributed by atoms with Crippen LogP contribution in [0.25, 0.3) is 0 Å². The van der Waals surface area contributed by atoms with Crippen LogP contribution in [-0.4, -0.2) is 22.3 Å². The van der Waals surface area contributed by atoms with E-state index in [0.29, 0.717) is 17.8 Å². The van der Waals surface area contributed by atoms with Crippen LogP contribution in [0.1, 0.15) is 35.8 Å². The van der Waals surface area contributed by atoms with Gasteiger partial charge in [-0.3, -0.25) is 0 Å². The lowest BCUT2D eigenvalue weighted by Gasteiger charge is -2.22. The number of rotatable bonds is 2. The molecular weight excluding hydrogens is 276 g/mol. The Kier molecular flexibility index (Phi) is 3.53. The molecule has 21 heavy (non-hydrogen) atoms. The van der Waals surface area contributed by atoms with Crippen LogP contribution in [0.5, 0.6) is 11.5 Å². The second kappa shape index (κ2) is 5.10. The highest BCUT2D eigenvalue weighted by Crippen LogP contribution is 2.57. The van der Waals surface area contributed by atoms with Crippen LogP contribution in [0.2, 0.25) is 19.6 Å². The van der Waals surface area contributed by atoms with Crippen LogP contribution in [0, 0.1) is 17.4 Å². The third kappa shape index (κ3) is 2.58. The zero-order valence-corrected chi connectivity index (χ0v) is 14.6. The molecule has 112 valence electrons. The molecule has 1 aromatic carbocycles. The molecule has 1 fully saturated rings. The first-order chi connectivity index (χ1) is 9.93. The van der Waals surface area contributed by atoms with Crippen molar-refractivity contribution in [3.63, 3.8) is 0 Å². The lowest BCUT2D eigenvalue weighted by atomic mass is 9.84. The summed E-state index contributed by atoms with van der Waals surface area (Å²) in [6, 6.07) is 4.36. The van der Waals surface area contributed by atoms with Gasteiger partial charge in [0.2, 0.25) is 0 Å². The van der Waals surface area contributed by atoms with Crippen molar-refractivity contribution in [3.8, 4) is 23.0 Å². The third-order valence-corrected chi connectivity index (χ3v) is 5.52. The van der Waals surface area contributed by atoms with E-state index in [1.807, 2.05) is 0 Å². The van der Waals surface area contributed by atoms with Crippen LogP contribution in [-0.2, 0) is 0 Å². The summed E-state index contributed by atoms with van der Waals surface area (Å²) >= 11 is 0. The molecule has 0 spiro atoms. The monoisotopic (exact) mass is 300 g/mol. The molecule has 0 radical (unpaired) electrons. The van der Waals surface area contributed by atoms with E-state index in [9.17, 15) is 0 Å². The first-order valence-corrected chi connectivity index (χ1v) is 11.2. The SMILES string of the molecule is COc1cc2c(cc1OC)[C@H]1C[C@@H]2C[C@@H]1C#C[Si](C)(C)C. The molecule has 2 aliphatic carbocycles. The standard InChI is InChI=1S/C18H24O2Si/c1-19-17-10-15-13-8-12(6-7-21(3,4)5)14(9-13)16(15)11-18(17)20-2/h10-14H,8-9H2,1-5H3/t12-,13-,14-/m0/s1. The van der Waals surface area contributed by atoms with Crippen LogP contribution in [0.4, 0.5) is 0 Å². The van der Waals surface area contributed by atoms with E-state index >= 15 is 0 Å². The van der Waals surface area contributed by atoms with Crippen molar-refractivity contribution in [2.24, 2.45) is 5.92 Å². The Balaban J connectivity index is 1.94. The molecule has 0 amide bonds. The maximum atomic E-state index is 5.46. The van der Waals surface area contributed by atoms with Crippen LogP contribution >= 0.6 is 0 Å². The average molecular weight is 300 g/mol. The Morgan fingerprint density at radius 2 is 1.62 bits per heavy atom. The smallest absolute Gasteiger partial charge is 0.161 e. The summed E-state index contributed by atoms with van der Waals surface area (Å²) in [5, 5.41) is 0. The fourth-order valence-corrected chi connectivity index (χ4v) is 4.31. The van der Waals surface area contributed by atoms with Crippen molar-refractivity contribution in [2.75, 3.05) is 14.2 Å². The largest absolute Gasteiger partial charge is 0.493 e. The summed E-state index contributed by atoms with van der Waals surface area (Å²) in [6.07, 6.45) is 2.46. The molecule has 0 aromatic heterocycles. The highest BCUT2D eigenvalue weighted by atomic mass is 28.3. The highest BCUT2D eigenvalue weighted by Gasteiger charge is 2.43. The van der Waals surface area contributed by atoms with Gasteiger partial charge in [-0.2, -0.15) is 0 Å². The molecule has 1 saturated carbocycles. The maximum absolute atomic E-state index is 5.46. The first-order valence-electron chi connectivity index (χ1n) is 7.71. The van der Waals surface area contributed by atoms with Crippen LogP contribution < -0.4 is 9.47 Å². The van der Waals surface area contributed by atoms with Gasteiger partial charge in [-0.15, -0.1) is 11.5 Å². The van der Waals surface area contributed by atoms with Gasteiger partial charge in [0.1, 0.15) is 8.07 Å². The summed E-state index contributed by atoms with van der Waals surface area (Å²) in [5.41, 5.74) is 6.47. The van der Waals surface area contributed by atoms with E-state index in [1.54, 1.807) is 14.2 Å². The van der Waals surface area contributed by atoms with E-state index in [-0.39, 0.29) is 0 Å². The van der Waals surface area contributed by atoms with Gasteiger partial charge >= 0.3 is 0 Å². The number of hydrogen-bond acceptors (Lipinski definition) is 2. The van der Waals surface area contributed by atoms with E-state index in [0.717, 1.165) is 11.5 Å². The first kappa shape index (κ1) is 14.5. The topological polar surface area (TPSA) is 18.5 Å². The molecular formula is C18H24O2Si. The zero-order valence-electron chi connectivity index (χ0n) is 13.6. The lowest BCUT2D eigenvalue weighted by Crippen LogP contribution is -2.18. The molecule has 3 heteroatoms. The summed E-state index contributed by atoms with van der Waals surface area (Å²) in [7, 11) is 2.13. The molecule has 0 N–H and O–H groups in total. The minimum atomic E-state index is -1.28. The fourth-order valence-electron chi connectivity index (χ4n) is 3.69. The van der Waals surface area contributed by atoms with Crippen molar-refractivity contribution < 1.29 is 9.47 Å². The Labute approximate surface area is 128 Å². The molecule has 3 atom stereocenters. The van der Waals surface area contributed by atoms with Gasteiger partial charge in [-0.05, 0) is 47.9 Å². The third-order valence-electron chi connectivity index (χ3n) is 4.62. The van der Waals surface area contributed by atoms with Gasteiger partial charge in [0.05, 0.1) is 14.2 Å². The van der Waals surface area contributed by atoms with Crippen LogP contribution in [0.15, 0.2) is 12.1 Å². The predicted octanol–water partition coefficient (Wildman–Crippen LogP) is 4.18. The van der Waals surface area contributed by atoms with E-state index < -0.39 is 8.07 Å². The van der Waals surface area contributed by atoms with Gasteiger partial charge < -0.3 is 9.47 Å². The van der Waals surface area contributed by atoms with Gasteiger partial charge in [-0.1, -0.05) is 19.6 Å². The summed E-state index contributed by atoms with van der Waals surface area (Å²) in [6.45, 7) is 6.94. The Morgan fingerprint density at radius 1 is 1.00 bits per heavy atom. The number of hydrogen-bond donors (Lipinski definition) is 0. The summed E-state index contributed by atoms with van der Waals surface area (Å²) < 4.78 is 10.9. The minimum absolute atomic E-state index is 0.535. The maximum Gasteiger partial charge on any atom is 0.161 e. The summed E-state index contributed by atoms with van der Waals surface area (Å²) in [4.78, 5) is 0. The fraction of sp³-hybridized carbons (Fsp3) is 0.556. The second-order valence-electron chi connectivity index (χ2n) is 7.24. The summed E-state index contributed by atoms with van der Waals surface area (Å²) in [5.74, 6) is 7.09. The Morgan fingerprint density at radius 3 is 2.19 bits per heavy atom. The van der Waals surface area contributed by atoms with E-state index in [2.05, 4.69) is 43.2 Å². The molecule has 3 rings (SSSR count). The van der Waals surface area contributed by atoms with Gasteiger partial charge in [0.15, 0.2) is 11.5 Å². The van der Waals surface area contributed by atoms with Crippen LogP contribution in [0.3, 0.4) is 0 Å². The second-order valence-corrected chi connectivity index (χ2v) is 12.0. The minimum Gasteiger partial charge on any atom is -0.493 e. The highest BCUT2D eigenvalue weighted by molar-refractivity contribution is 6.83. The number of methoxy groups -OCH3 is 2. The van der Waals surface area contributed by atoms with E-state index in [1.165, 1.54) is 24.0 Å². The average Bonchev–Trinajstić information content (AvgIpc) is 3.01. The van der Waals surface area contributed by atoms with Crippen molar-refractivity contribution in [2.45, 2.75) is 44.3 Å². The van der Waals surface area contributed by atoms with Crippen molar-refractivity contribution in [1.29, 1.82) is 0 Å². The Bertz CT molecular complexity index is 619. The van der Waals surface area contributed by atoms with Crippen molar-refractivity contribution >= 4 is 8.07 Å². The number of ether oxygens (including phenoxy) is 2. The quantitative estimate of drug-likeness (QED) is 0.603. The molecule has 0 aliphatic heterocycles. The molecule has 1 aromatic rings. The predicted molar refractivity (Wildman–Crippen MR) is 88.9 cm³/mol. The van der Waals surface area contributed by atoms with Gasteiger partial charge in [0, 0.05) is 5.92 Å². The molecule has 2 bridgehead atoms. The van der Waals surface area contributed by atoms with Crippen molar-refractivity contribution in [3.05, 3.63) is 23.3 Å². The Hall–Kier alpha value is -1.40.